The molecule has 0 spiro atoms. The van der Waals surface area contributed by atoms with E-state index in [1.54, 1.807) is 54.4 Å². The van der Waals surface area contributed by atoms with E-state index in [1.807, 2.05) is 18.2 Å². The number of amides is 3. The van der Waals surface area contributed by atoms with Gasteiger partial charge in [0, 0.05) is 34.5 Å². The van der Waals surface area contributed by atoms with Crippen LogP contribution in [0.5, 0.6) is 0 Å². The van der Waals surface area contributed by atoms with Crippen LogP contribution in [0.15, 0.2) is 47.4 Å². The Bertz CT molecular complexity index is 1490. The minimum absolute atomic E-state index is 0.0410. The second-order valence-electron chi connectivity index (χ2n) is 12.5. The fraction of sp³-hybridized carbons (Fsp3) is 0.515. The van der Waals surface area contributed by atoms with E-state index in [0.29, 0.717) is 33.1 Å². The maximum absolute atomic E-state index is 13.5. The van der Waals surface area contributed by atoms with Gasteiger partial charge in [-0.05, 0) is 73.7 Å². The van der Waals surface area contributed by atoms with Crippen LogP contribution in [-0.2, 0) is 25.6 Å². The van der Waals surface area contributed by atoms with Crippen LogP contribution in [0.2, 0.25) is 15.1 Å². The van der Waals surface area contributed by atoms with Crippen LogP contribution in [0.4, 0.5) is 8.78 Å². The average molecular weight is 762 g/mol. The van der Waals surface area contributed by atoms with Gasteiger partial charge in [0.05, 0.1) is 30.2 Å². The molecule has 3 heterocycles. The molecule has 0 saturated carbocycles. The number of halogens is 5. The summed E-state index contributed by atoms with van der Waals surface area (Å²) < 4.78 is 28.7. The molecule has 2 aromatic rings. The lowest BCUT2D eigenvalue weighted by atomic mass is 9.97. The average Bonchev–Trinajstić information content (AvgIpc) is 3.54. The van der Waals surface area contributed by atoms with Crippen LogP contribution < -0.4 is 11.1 Å². The molecule has 0 aliphatic carbocycles. The van der Waals surface area contributed by atoms with Crippen molar-refractivity contribution in [3.63, 3.8) is 0 Å². The van der Waals surface area contributed by atoms with Gasteiger partial charge in [0.15, 0.2) is 0 Å². The van der Waals surface area contributed by atoms with Crippen LogP contribution in [0.1, 0.15) is 32.3 Å². The number of fused-ring (bicyclic) bond motifs is 1. The first kappa shape index (κ1) is 39.3. The molecule has 49 heavy (non-hydrogen) atoms. The highest BCUT2D eigenvalue weighted by Gasteiger charge is 2.51. The zero-order valence-corrected chi connectivity index (χ0v) is 30.5. The highest BCUT2D eigenvalue weighted by Crippen LogP contribution is 2.38. The van der Waals surface area contributed by atoms with Gasteiger partial charge < -0.3 is 30.5 Å². The van der Waals surface area contributed by atoms with E-state index in [-0.39, 0.29) is 36.7 Å². The summed E-state index contributed by atoms with van der Waals surface area (Å²) in [7, 11) is 1.67. The summed E-state index contributed by atoms with van der Waals surface area (Å²) in [5.41, 5.74) is 6.52. The van der Waals surface area contributed by atoms with E-state index in [1.165, 1.54) is 16.8 Å². The van der Waals surface area contributed by atoms with Gasteiger partial charge in [0.1, 0.15) is 24.5 Å². The summed E-state index contributed by atoms with van der Waals surface area (Å²) >= 11 is 19.7. The van der Waals surface area contributed by atoms with Crippen molar-refractivity contribution in [3.05, 3.63) is 63.1 Å². The van der Waals surface area contributed by atoms with Crippen molar-refractivity contribution in [1.82, 2.24) is 24.3 Å². The second kappa shape index (κ2) is 17.6. The SMILES string of the molecule is CC(C)C(N)C(=O)N1CCCC1C=O.CNC1CN(Sc2ccc(Cl)cc2Cl)C2CN(CC(F)F)C(=O)C(Cc3ccc(Cl)cc3)N2C1=O. The number of piperazine rings is 1. The van der Waals surface area contributed by atoms with Gasteiger partial charge in [0.25, 0.3) is 6.43 Å². The predicted molar refractivity (Wildman–Crippen MR) is 188 cm³/mol. The molecule has 5 rings (SSSR count). The number of nitrogens with zero attached hydrogens (tertiary/aromatic N) is 4. The van der Waals surface area contributed by atoms with Crippen molar-refractivity contribution in [1.29, 1.82) is 0 Å². The van der Waals surface area contributed by atoms with Crippen molar-refractivity contribution in [2.24, 2.45) is 11.7 Å². The summed E-state index contributed by atoms with van der Waals surface area (Å²) in [6.45, 7) is 4.04. The number of benzene rings is 2. The zero-order valence-electron chi connectivity index (χ0n) is 27.4. The second-order valence-corrected chi connectivity index (χ2v) is 14.8. The molecule has 5 atom stereocenters. The molecular formula is C33H41Cl3F2N6O4S. The highest BCUT2D eigenvalue weighted by molar-refractivity contribution is 7.97. The first-order valence-electron chi connectivity index (χ1n) is 16.0. The van der Waals surface area contributed by atoms with Gasteiger partial charge >= 0.3 is 0 Å². The number of aldehydes is 1. The molecule has 3 aliphatic heterocycles. The molecule has 0 aromatic heterocycles. The lowest BCUT2D eigenvalue weighted by molar-refractivity contribution is -0.168. The lowest BCUT2D eigenvalue weighted by Gasteiger charge is -2.53. The number of rotatable bonds is 10. The normalized spacial score (nSPS) is 23.4. The zero-order chi connectivity index (χ0) is 36.0. The molecule has 3 N–H and O–H groups in total. The quantitative estimate of drug-likeness (QED) is 0.267. The van der Waals surface area contributed by atoms with Crippen molar-refractivity contribution in [3.8, 4) is 0 Å². The summed E-state index contributed by atoms with van der Waals surface area (Å²) in [6.07, 6.45) is -0.623. The number of nitrogens with one attached hydrogen (secondary N) is 1. The highest BCUT2D eigenvalue weighted by atomic mass is 35.5. The first-order valence-corrected chi connectivity index (χ1v) is 17.9. The number of likely N-dealkylation sites (tertiary alicyclic amines) is 1. The molecule has 16 heteroatoms. The van der Waals surface area contributed by atoms with Gasteiger partial charge in [-0.2, -0.15) is 0 Å². The fourth-order valence-electron chi connectivity index (χ4n) is 6.04. The molecule has 10 nitrogen and oxygen atoms in total. The summed E-state index contributed by atoms with van der Waals surface area (Å²) in [5, 5.41) is 4.46. The number of nitrogens with two attached hydrogens (primary N) is 1. The van der Waals surface area contributed by atoms with Crippen LogP contribution in [-0.4, -0.2) is 113 Å². The van der Waals surface area contributed by atoms with Crippen molar-refractivity contribution in [2.75, 3.05) is 33.2 Å². The molecule has 5 unspecified atom stereocenters. The minimum Gasteiger partial charge on any atom is -0.332 e. The molecule has 2 aromatic carbocycles. The number of likely N-dealkylation sites (N-methyl/N-ethyl adjacent to an activating group) is 1. The minimum atomic E-state index is -2.70. The van der Waals surface area contributed by atoms with Crippen LogP contribution in [0.3, 0.4) is 0 Å². The van der Waals surface area contributed by atoms with Gasteiger partial charge in [-0.25, -0.2) is 13.1 Å². The van der Waals surface area contributed by atoms with E-state index in [9.17, 15) is 28.0 Å². The summed E-state index contributed by atoms with van der Waals surface area (Å²) in [5.74, 6) is -0.721. The molecule has 3 aliphatic rings. The van der Waals surface area contributed by atoms with Gasteiger partial charge in [0.2, 0.25) is 17.7 Å². The topological polar surface area (TPSA) is 119 Å². The standard InChI is InChI=1S/C23H23Cl3F2N4O2S.C10H18N2O2/c1-29-17-10-31(35-19-7-6-15(25)9-16(19)26)21-12-30(11-20(27)28)23(34)18(32(21)22(17)33)8-13-2-4-14(24)5-3-13;1-7(2)9(11)10(14)12-5-3-4-8(12)6-13/h2-7,9,17-18,20-21,29H,8,10-12H2,1H3;6-9H,3-5,11H2,1-2H3. The Morgan fingerprint density at radius 3 is 2.33 bits per heavy atom. The monoisotopic (exact) mass is 760 g/mol. The fourth-order valence-corrected chi connectivity index (χ4v) is 7.71. The van der Waals surface area contributed by atoms with Gasteiger partial charge in [-0.15, -0.1) is 0 Å². The van der Waals surface area contributed by atoms with Crippen LogP contribution in [0.25, 0.3) is 0 Å². The third-order valence-electron chi connectivity index (χ3n) is 8.79. The molecule has 3 amide bonds. The molecule has 0 bridgehead atoms. The maximum Gasteiger partial charge on any atom is 0.255 e. The number of hydrogen-bond donors (Lipinski definition) is 2. The Balaban J connectivity index is 0.000000324. The van der Waals surface area contributed by atoms with Crippen LogP contribution >= 0.6 is 46.8 Å². The smallest absolute Gasteiger partial charge is 0.255 e. The maximum atomic E-state index is 13.5. The molecule has 3 saturated heterocycles. The largest absolute Gasteiger partial charge is 0.332 e. The number of hydrogen-bond acceptors (Lipinski definition) is 8. The van der Waals surface area contributed by atoms with E-state index in [2.05, 4.69) is 5.32 Å². The van der Waals surface area contributed by atoms with Gasteiger partial charge in [-0.3, -0.25) is 14.4 Å². The molecule has 3 fully saturated rings. The Morgan fingerprint density at radius 1 is 1.06 bits per heavy atom. The van der Waals surface area contributed by atoms with Crippen molar-refractivity contribution >= 4 is 70.8 Å². The number of alkyl halides is 2. The molecule has 0 radical (unpaired) electrons. The number of carbonyl (C=O) groups is 4. The summed E-state index contributed by atoms with van der Waals surface area (Å²) in [6, 6.07) is 9.74. The van der Waals surface area contributed by atoms with Crippen LogP contribution in [0, 0.1) is 5.92 Å². The van der Waals surface area contributed by atoms with E-state index in [4.69, 9.17) is 40.5 Å². The Morgan fingerprint density at radius 2 is 1.73 bits per heavy atom. The molecular weight excluding hydrogens is 721 g/mol. The molecule has 268 valence electrons. The number of carbonyl (C=O) groups excluding carboxylic acids is 4. The Labute approximate surface area is 304 Å². The third-order valence-corrected chi connectivity index (χ3v) is 10.9. The van der Waals surface area contributed by atoms with Crippen molar-refractivity contribution in [2.45, 2.75) is 74.8 Å². The Hall–Kier alpha value is -2.52. The Kier molecular flexibility index (Phi) is 14.1. The van der Waals surface area contributed by atoms with Crippen molar-refractivity contribution < 1.29 is 28.0 Å². The lowest BCUT2D eigenvalue weighted by Crippen LogP contribution is -2.74. The first-order chi connectivity index (χ1) is 23.2. The third kappa shape index (κ3) is 9.63. The van der Waals surface area contributed by atoms with E-state index >= 15 is 0 Å². The van der Waals surface area contributed by atoms with E-state index < -0.39 is 43.2 Å². The van der Waals surface area contributed by atoms with E-state index in [0.717, 1.165) is 29.6 Å². The summed E-state index contributed by atoms with van der Waals surface area (Å²) in [4.78, 5) is 54.3. The van der Waals surface area contributed by atoms with Gasteiger partial charge in [-0.1, -0.05) is 60.8 Å². The predicted octanol–water partition coefficient (Wildman–Crippen LogP) is 4.59.